The van der Waals surface area contributed by atoms with Gasteiger partial charge in [-0.2, -0.15) is 5.26 Å². The second kappa shape index (κ2) is 7.11. The van der Waals surface area contributed by atoms with Gasteiger partial charge in [0.2, 0.25) is 17.7 Å². The first-order valence-electron chi connectivity index (χ1n) is 9.85. The molecule has 29 heavy (non-hydrogen) atoms. The van der Waals surface area contributed by atoms with E-state index < -0.39 is 47.2 Å². The number of hydrogen-bond acceptors (Lipinski definition) is 4. The second-order valence-electron chi connectivity index (χ2n) is 8.86. The molecule has 0 aromatic rings. The first-order chi connectivity index (χ1) is 13.4. The highest BCUT2D eigenvalue weighted by Gasteiger charge is 2.56. The van der Waals surface area contributed by atoms with Crippen LogP contribution in [0.1, 0.15) is 45.4 Å². The molecule has 1 aliphatic carbocycles. The Kier molecular flexibility index (Phi) is 5.22. The van der Waals surface area contributed by atoms with E-state index in [1.807, 2.05) is 6.07 Å². The zero-order chi connectivity index (χ0) is 21.6. The van der Waals surface area contributed by atoms with Gasteiger partial charge in [0.05, 0.1) is 17.4 Å². The number of likely N-dealkylation sites (tertiary alicyclic amines) is 2. The summed E-state index contributed by atoms with van der Waals surface area (Å²) in [6, 6.07) is 0.791. The summed E-state index contributed by atoms with van der Waals surface area (Å²) in [5.41, 5.74) is 3.56. The normalized spacial score (nSPS) is 26.2. The Morgan fingerprint density at radius 2 is 1.93 bits per heavy atom. The van der Waals surface area contributed by atoms with Gasteiger partial charge in [0.15, 0.2) is 0 Å². The lowest BCUT2D eigenvalue weighted by atomic mass is 9.74. The number of carbonyl (C=O) groups excluding carboxylic acids is 3. The molecule has 1 saturated carbocycles. The van der Waals surface area contributed by atoms with Gasteiger partial charge < -0.3 is 20.9 Å². The van der Waals surface area contributed by atoms with Crippen LogP contribution in [0.2, 0.25) is 0 Å². The van der Waals surface area contributed by atoms with Crippen LogP contribution in [0.3, 0.4) is 0 Å². The van der Waals surface area contributed by atoms with Gasteiger partial charge in [-0.25, -0.2) is 13.6 Å². The monoisotopic (exact) mass is 411 g/mol. The number of nitriles is 1. The molecule has 2 atom stereocenters. The molecule has 1 unspecified atom stereocenters. The number of alkyl halides is 2. The Labute approximate surface area is 168 Å². The number of nitrogens with one attached hydrogen (secondary N) is 1. The summed E-state index contributed by atoms with van der Waals surface area (Å²) in [6.45, 7) is 1.39. The van der Waals surface area contributed by atoms with Crippen LogP contribution >= 0.6 is 0 Å². The fourth-order valence-electron chi connectivity index (χ4n) is 4.64. The van der Waals surface area contributed by atoms with Crippen molar-refractivity contribution >= 4 is 17.8 Å². The minimum absolute atomic E-state index is 0.190. The van der Waals surface area contributed by atoms with E-state index in [1.54, 1.807) is 0 Å². The van der Waals surface area contributed by atoms with E-state index in [0.717, 1.165) is 6.92 Å². The van der Waals surface area contributed by atoms with Crippen molar-refractivity contribution in [3.8, 4) is 6.07 Å². The average Bonchev–Trinajstić information content (AvgIpc) is 3.38. The third-order valence-electron chi connectivity index (χ3n) is 6.61. The van der Waals surface area contributed by atoms with Gasteiger partial charge in [0, 0.05) is 32.6 Å². The molecule has 3 rings (SSSR count). The summed E-state index contributed by atoms with van der Waals surface area (Å²) in [5.74, 6) is -5.02. The molecule has 0 aromatic carbocycles. The number of hydrogen-bond donors (Lipinski definition) is 2. The number of urea groups is 1. The van der Waals surface area contributed by atoms with Crippen molar-refractivity contribution in [3.05, 3.63) is 0 Å². The van der Waals surface area contributed by atoms with E-state index in [-0.39, 0.29) is 12.3 Å². The zero-order valence-corrected chi connectivity index (χ0v) is 16.7. The largest absolute Gasteiger partial charge is 0.351 e. The molecule has 0 aromatic heterocycles. The predicted octanol–water partition coefficient (Wildman–Crippen LogP) is 1.21. The maximum atomic E-state index is 13.9. The standard InChI is InChI=1S/C19H27F2N5O3/c1-17(20,21)9-12(14(27)24-19(11-22)3-4-19)13-10-18(15(28)25(13)2)5-7-26(8-6-18)16(23)29/h12-13H,3-10H2,1-2H3,(H2,23,29)(H,24,27)/t12-,13?/m0/s1. The average molecular weight is 411 g/mol. The van der Waals surface area contributed by atoms with Crippen molar-refractivity contribution in [2.24, 2.45) is 17.1 Å². The summed E-state index contributed by atoms with van der Waals surface area (Å²) < 4.78 is 27.8. The molecule has 2 heterocycles. The second-order valence-corrected chi connectivity index (χ2v) is 8.86. The SMILES string of the molecule is CN1C(=O)C2(CCN(C(N)=O)CC2)CC1[C@H](CC(C)(F)F)C(=O)NC1(C#N)CC1. The van der Waals surface area contributed by atoms with Gasteiger partial charge in [-0.1, -0.05) is 0 Å². The molecule has 0 bridgehead atoms. The summed E-state index contributed by atoms with van der Waals surface area (Å²) in [5, 5.41) is 11.9. The van der Waals surface area contributed by atoms with Crippen LogP contribution in [-0.2, 0) is 9.59 Å². The fraction of sp³-hybridized carbons (Fsp3) is 0.789. The van der Waals surface area contributed by atoms with E-state index in [1.165, 1.54) is 16.8 Å². The molecule has 8 nitrogen and oxygen atoms in total. The Morgan fingerprint density at radius 3 is 2.38 bits per heavy atom. The number of nitrogens with two attached hydrogens (primary N) is 1. The minimum atomic E-state index is -3.10. The molecule has 4 amide bonds. The molecule has 2 aliphatic heterocycles. The number of amides is 4. The van der Waals surface area contributed by atoms with Crippen molar-refractivity contribution in [3.63, 3.8) is 0 Å². The van der Waals surface area contributed by atoms with E-state index in [2.05, 4.69) is 5.32 Å². The lowest BCUT2D eigenvalue weighted by Gasteiger charge is -2.37. The molecule has 10 heteroatoms. The van der Waals surface area contributed by atoms with Gasteiger partial charge in [-0.3, -0.25) is 9.59 Å². The third-order valence-corrected chi connectivity index (χ3v) is 6.61. The van der Waals surface area contributed by atoms with Gasteiger partial charge in [-0.15, -0.1) is 0 Å². The summed E-state index contributed by atoms with van der Waals surface area (Å²) in [4.78, 5) is 40.2. The molecule has 3 N–H and O–H groups in total. The van der Waals surface area contributed by atoms with Crippen molar-refractivity contribution < 1.29 is 23.2 Å². The van der Waals surface area contributed by atoms with Crippen LogP contribution in [0.5, 0.6) is 0 Å². The van der Waals surface area contributed by atoms with Crippen LogP contribution in [0.25, 0.3) is 0 Å². The number of primary amides is 1. The highest BCUT2D eigenvalue weighted by atomic mass is 19.3. The maximum absolute atomic E-state index is 13.9. The van der Waals surface area contributed by atoms with Crippen LogP contribution in [0.15, 0.2) is 0 Å². The van der Waals surface area contributed by atoms with Gasteiger partial charge in [0.25, 0.3) is 0 Å². The predicted molar refractivity (Wildman–Crippen MR) is 98.4 cm³/mol. The summed E-state index contributed by atoms with van der Waals surface area (Å²) in [6.07, 6.45) is 1.32. The van der Waals surface area contributed by atoms with Crippen molar-refractivity contribution in [2.75, 3.05) is 20.1 Å². The quantitative estimate of drug-likeness (QED) is 0.707. The van der Waals surface area contributed by atoms with E-state index in [9.17, 15) is 28.4 Å². The summed E-state index contributed by atoms with van der Waals surface area (Å²) in [7, 11) is 1.54. The highest BCUT2D eigenvalue weighted by molar-refractivity contribution is 5.88. The third kappa shape index (κ3) is 4.14. The van der Waals surface area contributed by atoms with Crippen molar-refractivity contribution in [1.29, 1.82) is 5.26 Å². The van der Waals surface area contributed by atoms with E-state index in [0.29, 0.717) is 38.8 Å². The maximum Gasteiger partial charge on any atom is 0.314 e. The highest BCUT2D eigenvalue weighted by Crippen LogP contribution is 2.47. The number of rotatable bonds is 5. The molecule has 2 saturated heterocycles. The number of nitrogens with zero attached hydrogens (tertiary/aromatic N) is 3. The first kappa shape index (κ1) is 21.3. The summed E-state index contributed by atoms with van der Waals surface area (Å²) >= 11 is 0. The molecule has 160 valence electrons. The van der Waals surface area contributed by atoms with Crippen molar-refractivity contribution in [2.45, 2.75) is 63.0 Å². The van der Waals surface area contributed by atoms with Gasteiger partial charge in [-0.05, 0) is 39.0 Å². The molecular weight excluding hydrogens is 384 g/mol. The van der Waals surface area contributed by atoms with E-state index >= 15 is 0 Å². The smallest absolute Gasteiger partial charge is 0.314 e. The van der Waals surface area contributed by atoms with Crippen LogP contribution in [0, 0.1) is 22.7 Å². The Bertz CT molecular complexity index is 748. The Balaban J connectivity index is 1.80. The van der Waals surface area contributed by atoms with E-state index in [4.69, 9.17) is 5.73 Å². The van der Waals surface area contributed by atoms with Crippen molar-refractivity contribution in [1.82, 2.24) is 15.1 Å². The van der Waals surface area contributed by atoms with Crippen LogP contribution in [-0.4, -0.2) is 65.3 Å². The fourth-order valence-corrected chi connectivity index (χ4v) is 4.64. The Hall–Kier alpha value is -2.44. The van der Waals surface area contributed by atoms with Crippen LogP contribution in [0.4, 0.5) is 13.6 Å². The topological polar surface area (TPSA) is 120 Å². The molecule has 1 spiro atoms. The minimum Gasteiger partial charge on any atom is -0.351 e. The van der Waals surface area contributed by atoms with Gasteiger partial charge in [0.1, 0.15) is 5.54 Å². The zero-order valence-electron chi connectivity index (χ0n) is 16.7. The molecule has 3 aliphatic rings. The first-order valence-corrected chi connectivity index (χ1v) is 9.85. The van der Waals surface area contributed by atoms with Gasteiger partial charge >= 0.3 is 6.03 Å². The number of halogens is 2. The molecule has 3 fully saturated rings. The Morgan fingerprint density at radius 1 is 1.34 bits per heavy atom. The lowest BCUT2D eigenvalue weighted by Crippen LogP contribution is -2.48. The lowest BCUT2D eigenvalue weighted by molar-refractivity contribution is -0.139. The number of piperidine rings is 1. The molecular formula is C19H27F2N5O3. The number of carbonyl (C=O) groups is 3. The van der Waals surface area contributed by atoms with Crippen LogP contribution < -0.4 is 11.1 Å². The molecule has 0 radical (unpaired) electrons.